The third-order valence-electron chi connectivity index (χ3n) is 18.8. The molecule has 0 bridgehead atoms. The minimum Gasteiger partial charge on any atom is -0.307 e. The van der Waals surface area contributed by atoms with Gasteiger partial charge in [0.1, 0.15) is 0 Å². The highest BCUT2D eigenvalue weighted by Crippen LogP contribution is 2.55. The van der Waals surface area contributed by atoms with Gasteiger partial charge >= 0.3 is 0 Å². The Morgan fingerprint density at radius 3 is 0.756 bits per heavy atom. The molecule has 0 saturated heterocycles. The van der Waals surface area contributed by atoms with Crippen LogP contribution in [0.3, 0.4) is 0 Å². The van der Waals surface area contributed by atoms with Crippen LogP contribution in [-0.2, 0) is 0 Å². The van der Waals surface area contributed by atoms with E-state index in [9.17, 15) is 10.5 Å². The summed E-state index contributed by atoms with van der Waals surface area (Å²) in [5.74, 6) is 0. The molecule has 0 aliphatic carbocycles. The van der Waals surface area contributed by atoms with Crippen LogP contribution in [0, 0.1) is 22.7 Å². The quantitative estimate of drug-likeness (QED) is 0.159. The fourth-order valence-electron chi connectivity index (χ4n) is 15.3. The first-order chi connectivity index (χ1) is 44.7. The molecule has 6 heterocycles. The molecule has 8 nitrogen and oxygen atoms in total. The van der Waals surface area contributed by atoms with Gasteiger partial charge in [-0.15, -0.1) is 0 Å². The number of aromatic nitrogens is 6. The van der Waals surface area contributed by atoms with Crippen LogP contribution in [0.2, 0.25) is 0 Å². The second-order valence-corrected chi connectivity index (χ2v) is 23.4. The molecule has 0 atom stereocenters. The van der Waals surface area contributed by atoms with Crippen LogP contribution in [0.1, 0.15) is 11.1 Å². The van der Waals surface area contributed by atoms with Gasteiger partial charge in [0.25, 0.3) is 0 Å². The lowest BCUT2D eigenvalue weighted by Crippen LogP contribution is -2.18. The maximum Gasteiger partial charge on any atom is 0.0992 e. The zero-order valence-corrected chi connectivity index (χ0v) is 48.3. The molecule has 0 saturated carbocycles. The lowest BCUT2D eigenvalue weighted by atomic mass is 9.92. The molecule has 0 unspecified atom stereocenters. The van der Waals surface area contributed by atoms with Gasteiger partial charge in [-0.1, -0.05) is 200 Å². The SMILES string of the molecule is N#Cc1cc(C#N)cc(-c2c(-n3c4ccccc4c4ccccc43)c(-n3c4ccccc4c4ccccc43)c(-n3c4ccccc4c4c3c3ccccc3n4-c3ccccc3)c(-n3c4ccccc4c4ccccc43)c2-n2c3ccccc3c3ccccc32)c1. The third-order valence-corrected chi connectivity index (χ3v) is 18.8. The van der Waals surface area contributed by atoms with Crippen LogP contribution >= 0.6 is 0 Å². The van der Waals surface area contributed by atoms with E-state index in [-0.39, 0.29) is 0 Å². The molecule has 0 fully saturated rings. The standard InChI is InChI=1S/C82H48N8/c83-49-51-46-52(50-84)48-53(47-51)75-78(86-65-36-14-4-26-55(65)56-27-5-15-37-66(56)86)80(88-69-40-18-8-30-59(69)60-31-9-19-41-70(60)88)82(90-74-45-23-13-35-64(74)76-77(90)63-34-12-22-44-73(63)85(76)54-24-2-1-3-25-54)81(89-71-42-20-10-32-61(71)62-33-11-21-43-72(62)89)79(75)87-67-38-16-6-28-57(67)58-29-7-17-39-68(58)87/h1-48H. The van der Waals surface area contributed by atoms with Crippen molar-refractivity contribution in [3.8, 4) is 57.4 Å². The summed E-state index contributed by atoms with van der Waals surface area (Å²) in [5.41, 5.74) is 19.9. The van der Waals surface area contributed by atoms with Crippen LogP contribution < -0.4 is 0 Å². The summed E-state index contributed by atoms with van der Waals surface area (Å²) in [5, 5.41) is 33.6. The molecule has 90 heavy (non-hydrogen) atoms. The van der Waals surface area contributed by atoms with Crippen molar-refractivity contribution in [2.45, 2.75) is 0 Å². The van der Waals surface area contributed by atoms with Gasteiger partial charge in [-0.3, -0.25) is 0 Å². The predicted octanol–water partition coefficient (Wildman–Crippen LogP) is 20.5. The Morgan fingerprint density at radius 2 is 0.444 bits per heavy atom. The van der Waals surface area contributed by atoms with E-state index in [1.807, 2.05) is 12.1 Å². The van der Waals surface area contributed by atoms with Crippen molar-refractivity contribution in [1.29, 1.82) is 10.5 Å². The van der Waals surface area contributed by atoms with Crippen molar-refractivity contribution >= 4 is 120 Å². The van der Waals surface area contributed by atoms with Crippen LogP contribution in [-0.4, -0.2) is 27.4 Å². The van der Waals surface area contributed by atoms with Crippen LogP contribution in [0.15, 0.2) is 291 Å². The van der Waals surface area contributed by atoms with Crippen LogP contribution in [0.25, 0.3) is 165 Å². The average molecular weight is 1150 g/mol. The number of hydrogen-bond acceptors (Lipinski definition) is 2. The largest absolute Gasteiger partial charge is 0.307 e. The van der Waals surface area contributed by atoms with E-state index in [1.54, 1.807) is 6.07 Å². The number of hydrogen-bond donors (Lipinski definition) is 0. The van der Waals surface area contributed by atoms with Crippen molar-refractivity contribution in [3.63, 3.8) is 0 Å². The van der Waals surface area contributed by atoms with Crippen molar-refractivity contribution in [1.82, 2.24) is 27.4 Å². The number of rotatable bonds is 7. The summed E-state index contributed by atoms with van der Waals surface area (Å²) < 4.78 is 15.1. The van der Waals surface area contributed by atoms with Gasteiger partial charge in [0, 0.05) is 65.1 Å². The van der Waals surface area contributed by atoms with E-state index >= 15 is 0 Å². The van der Waals surface area contributed by atoms with Gasteiger partial charge in [0.05, 0.1) is 118 Å². The summed E-state index contributed by atoms with van der Waals surface area (Å²) in [4.78, 5) is 0. The fourth-order valence-corrected chi connectivity index (χ4v) is 15.3. The maximum absolute atomic E-state index is 11.3. The first-order valence-electron chi connectivity index (χ1n) is 30.4. The van der Waals surface area contributed by atoms with Crippen molar-refractivity contribution in [2.24, 2.45) is 0 Å². The van der Waals surface area contributed by atoms with E-state index < -0.39 is 0 Å². The summed E-state index contributed by atoms with van der Waals surface area (Å²) in [6, 6.07) is 110. The maximum atomic E-state index is 11.3. The van der Waals surface area contributed by atoms with Crippen molar-refractivity contribution in [2.75, 3.05) is 0 Å². The molecule has 19 aromatic rings. The second kappa shape index (κ2) is 18.9. The van der Waals surface area contributed by atoms with E-state index in [4.69, 9.17) is 0 Å². The Balaban J connectivity index is 1.24. The summed E-state index contributed by atoms with van der Waals surface area (Å²) >= 11 is 0. The molecule has 0 N–H and O–H groups in total. The minimum atomic E-state index is 0.373. The Bertz CT molecular complexity index is 5870. The lowest BCUT2D eigenvalue weighted by molar-refractivity contribution is 1.00. The highest BCUT2D eigenvalue weighted by molar-refractivity contribution is 6.23. The Morgan fingerprint density at radius 1 is 0.211 bits per heavy atom. The first kappa shape index (κ1) is 49.6. The first-order valence-corrected chi connectivity index (χ1v) is 30.4. The molecule has 0 spiro atoms. The van der Waals surface area contributed by atoms with Crippen LogP contribution in [0.4, 0.5) is 0 Å². The summed E-state index contributed by atoms with van der Waals surface area (Å²) in [7, 11) is 0. The molecular formula is C82H48N8. The normalized spacial score (nSPS) is 12.0. The minimum absolute atomic E-state index is 0.373. The van der Waals surface area contributed by atoms with Crippen molar-refractivity contribution in [3.05, 3.63) is 302 Å². The van der Waals surface area contributed by atoms with Gasteiger partial charge in [-0.2, -0.15) is 10.5 Å². The monoisotopic (exact) mass is 1140 g/mol. The number of benzene rings is 13. The van der Waals surface area contributed by atoms with Crippen molar-refractivity contribution < 1.29 is 0 Å². The second-order valence-electron chi connectivity index (χ2n) is 23.4. The molecule has 0 aliphatic rings. The molecule has 0 amide bonds. The number of nitrogens with zero attached hydrogens (tertiary/aromatic N) is 8. The van der Waals surface area contributed by atoms with E-state index in [1.165, 1.54) is 0 Å². The molecule has 0 radical (unpaired) electrons. The third kappa shape index (κ3) is 6.71. The summed E-state index contributed by atoms with van der Waals surface area (Å²) in [6.07, 6.45) is 0. The van der Waals surface area contributed by atoms with Gasteiger partial charge in [-0.25, -0.2) is 0 Å². The molecular weight excluding hydrogens is 1100 g/mol. The smallest absolute Gasteiger partial charge is 0.0992 e. The summed E-state index contributed by atoms with van der Waals surface area (Å²) in [6.45, 7) is 0. The molecule has 416 valence electrons. The zero-order chi connectivity index (χ0) is 59.3. The van der Waals surface area contributed by atoms with Gasteiger partial charge in [-0.05, 0) is 96.6 Å². The van der Waals surface area contributed by atoms with E-state index in [2.05, 4.69) is 313 Å². The lowest BCUT2D eigenvalue weighted by Gasteiger charge is -2.32. The Labute approximate surface area is 514 Å². The Hall–Kier alpha value is -12.6. The Kier molecular flexibility index (Phi) is 10.4. The average Bonchev–Trinajstić information content (AvgIpc) is 1.45. The highest BCUT2D eigenvalue weighted by atomic mass is 15.2. The molecule has 0 aliphatic heterocycles. The van der Waals surface area contributed by atoms with E-state index in [0.717, 1.165) is 160 Å². The number of para-hydroxylation sites is 11. The van der Waals surface area contributed by atoms with Gasteiger partial charge < -0.3 is 27.4 Å². The number of nitriles is 2. The highest BCUT2D eigenvalue weighted by Gasteiger charge is 2.38. The zero-order valence-electron chi connectivity index (χ0n) is 48.3. The topological polar surface area (TPSA) is 77.2 Å². The predicted molar refractivity (Wildman–Crippen MR) is 370 cm³/mol. The molecule has 8 heteroatoms. The molecule has 19 rings (SSSR count). The fraction of sp³-hybridized carbons (Fsp3) is 0. The molecule has 6 aromatic heterocycles. The van der Waals surface area contributed by atoms with Gasteiger partial charge in [0.15, 0.2) is 0 Å². The van der Waals surface area contributed by atoms with Crippen LogP contribution in [0.5, 0.6) is 0 Å². The van der Waals surface area contributed by atoms with E-state index in [0.29, 0.717) is 16.7 Å². The van der Waals surface area contributed by atoms with Gasteiger partial charge in [0.2, 0.25) is 0 Å². The molecule has 13 aromatic carbocycles. The number of fused-ring (bicyclic) bond motifs is 17.